The molecule has 0 unspecified atom stereocenters. The van der Waals surface area contributed by atoms with Crippen molar-refractivity contribution < 1.29 is 19.0 Å². The van der Waals surface area contributed by atoms with Crippen molar-refractivity contribution in [2.24, 2.45) is 0 Å². The van der Waals surface area contributed by atoms with Gasteiger partial charge in [0.1, 0.15) is 15.5 Å². The Morgan fingerprint density at radius 1 is 1.00 bits per heavy atom. The average Bonchev–Trinajstić information content (AvgIpc) is 3.07. The molecule has 154 valence electrons. The maximum Gasteiger partial charge on any atom is 0.268 e. The Labute approximate surface area is 177 Å². The predicted octanol–water partition coefficient (Wildman–Crippen LogP) is 4.62. The van der Waals surface area contributed by atoms with Crippen LogP contribution in [0.25, 0.3) is 21.1 Å². The second-order valence-corrected chi connectivity index (χ2v) is 7.74. The van der Waals surface area contributed by atoms with Gasteiger partial charge in [0.2, 0.25) is 0 Å². The van der Waals surface area contributed by atoms with Crippen molar-refractivity contribution in [1.29, 1.82) is 0 Å². The fourth-order valence-corrected chi connectivity index (χ4v) is 4.28. The molecule has 0 atom stereocenters. The number of rotatable bonds is 5. The standard InChI is InChI=1S/C22H21N3O4S/c1-11-5-6-16(27-2)15(7-11)24-21(26)20-19(23)13-8-12-9-17(28-3)18(29-4)10-14(12)25-22(13)30-20/h5-10H,23H2,1-4H3,(H,24,26). The Kier molecular flexibility index (Phi) is 5.09. The lowest BCUT2D eigenvalue weighted by molar-refractivity contribution is 0.103. The Hall–Kier alpha value is -3.52. The third-order valence-corrected chi connectivity index (χ3v) is 5.94. The number of hydrogen-bond acceptors (Lipinski definition) is 7. The van der Waals surface area contributed by atoms with E-state index in [1.165, 1.54) is 11.3 Å². The lowest BCUT2D eigenvalue weighted by Gasteiger charge is -2.10. The minimum Gasteiger partial charge on any atom is -0.495 e. The number of methoxy groups -OCH3 is 3. The molecule has 3 N–H and O–H groups in total. The summed E-state index contributed by atoms with van der Waals surface area (Å²) in [6, 6.07) is 11.1. The van der Waals surface area contributed by atoms with Gasteiger partial charge in [-0.2, -0.15) is 0 Å². The van der Waals surface area contributed by atoms with Crippen LogP contribution in [-0.4, -0.2) is 32.2 Å². The summed E-state index contributed by atoms with van der Waals surface area (Å²) >= 11 is 1.25. The number of nitrogens with zero attached hydrogens (tertiary/aromatic N) is 1. The first-order chi connectivity index (χ1) is 14.4. The number of thiophene rings is 1. The molecule has 7 nitrogen and oxygen atoms in total. The number of carbonyl (C=O) groups is 1. The fraction of sp³-hybridized carbons (Fsp3) is 0.182. The second-order valence-electron chi connectivity index (χ2n) is 6.74. The molecule has 0 saturated heterocycles. The van der Waals surface area contributed by atoms with Crippen LogP contribution in [0.4, 0.5) is 11.4 Å². The number of anilines is 2. The van der Waals surface area contributed by atoms with Crippen LogP contribution in [-0.2, 0) is 0 Å². The Morgan fingerprint density at radius 2 is 1.70 bits per heavy atom. The molecule has 0 spiro atoms. The summed E-state index contributed by atoms with van der Waals surface area (Å²) in [5.74, 6) is 1.46. The van der Waals surface area contributed by atoms with Crippen LogP contribution >= 0.6 is 11.3 Å². The van der Waals surface area contributed by atoms with Crippen molar-refractivity contribution in [3.05, 3.63) is 46.8 Å². The van der Waals surface area contributed by atoms with Crippen LogP contribution in [0.15, 0.2) is 36.4 Å². The Bertz CT molecular complexity index is 1280. The van der Waals surface area contributed by atoms with Crippen LogP contribution in [0, 0.1) is 6.92 Å². The lowest BCUT2D eigenvalue weighted by Crippen LogP contribution is -2.12. The third kappa shape index (κ3) is 3.35. The Morgan fingerprint density at radius 3 is 2.40 bits per heavy atom. The number of ether oxygens (including phenoxy) is 3. The van der Waals surface area contributed by atoms with Crippen molar-refractivity contribution in [2.75, 3.05) is 32.4 Å². The van der Waals surface area contributed by atoms with E-state index in [2.05, 4.69) is 10.3 Å². The van der Waals surface area contributed by atoms with Gasteiger partial charge in [-0.3, -0.25) is 4.79 Å². The molecule has 0 aliphatic heterocycles. The number of carbonyl (C=O) groups excluding carboxylic acids is 1. The topological polar surface area (TPSA) is 95.7 Å². The summed E-state index contributed by atoms with van der Waals surface area (Å²) < 4.78 is 16.1. The van der Waals surface area contributed by atoms with E-state index in [1.807, 2.05) is 37.3 Å². The molecule has 2 heterocycles. The zero-order chi connectivity index (χ0) is 21.4. The monoisotopic (exact) mass is 423 g/mol. The highest BCUT2D eigenvalue weighted by atomic mass is 32.1. The summed E-state index contributed by atoms with van der Waals surface area (Å²) in [5.41, 5.74) is 9.05. The highest BCUT2D eigenvalue weighted by Crippen LogP contribution is 2.38. The van der Waals surface area contributed by atoms with Gasteiger partial charge in [0.05, 0.1) is 38.2 Å². The number of aromatic nitrogens is 1. The van der Waals surface area contributed by atoms with Gasteiger partial charge in [-0.25, -0.2) is 4.98 Å². The van der Waals surface area contributed by atoms with Crippen molar-refractivity contribution in [3.63, 3.8) is 0 Å². The predicted molar refractivity (Wildman–Crippen MR) is 120 cm³/mol. The maximum absolute atomic E-state index is 13.0. The molecule has 4 aromatic rings. The molecule has 0 fully saturated rings. The smallest absolute Gasteiger partial charge is 0.268 e. The molecule has 0 bridgehead atoms. The fourth-order valence-electron chi connectivity index (χ4n) is 3.30. The second kappa shape index (κ2) is 7.72. The van der Waals surface area contributed by atoms with Gasteiger partial charge in [0.15, 0.2) is 11.5 Å². The van der Waals surface area contributed by atoms with Gasteiger partial charge in [0.25, 0.3) is 5.91 Å². The molecule has 1 amide bonds. The van der Waals surface area contributed by atoms with Gasteiger partial charge in [-0.05, 0) is 36.8 Å². The van der Waals surface area contributed by atoms with E-state index in [0.29, 0.717) is 38.3 Å². The molecule has 30 heavy (non-hydrogen) atoms. The minimum atomic E-state index is -0.307. The Balaban J connectivity index is 1.78. The third-order valence-electron chi connectivity index (χ3n) is 4.83. The average molecular weight is 423 g/mol. The normalized spacial score (nSPS) is 10.9. The molecule has 8 heteroatoms. The summed E-state index contributed by atoms with van der Waals surface area (Å²) in [6.45, 7) is 1.95. The SMILES string of the molecule is COc1ccc(C)cc1NC(=O)c1sc2nc3cc(OC)c(OC)cc3cc2c1N. The summed E-state index contributed by atoms with van der Waals surface area (Å²) in [5, 5.41) is 4.46. The molecule has 0 aliphatic carbocycles. The minimum absolute atomic E-state index is 0.307. The van der Waals surface area contributed by atoms with Gasteiger partial charge in [-0.1, -0.05) is 6.07 Å². The number of hydrogen-bond donors (Lipinski definition) is 2. The van der Waals surface area contributed by atoms with Gasteiger partial charge in [0, 0.05) is 16.8 Å². The summed E-state index contributed by atoms with van der Waals surface area (Å²) in [7, 11) is 4.72. The van der Waals surface area contributed by atoms with Crippen LogP contribution < -0.4 is 25.3 Å². The van der Waals surface area contributed by atoms with Crippen LogP contribution in [0.3, 0.4) is 0 Å². The quantitative estimate of drug-likeness (QED) is 0.486. The van der Waals surface area contributed by atoms with Crippen LogP contribution in [0.2, 0.25) is 0 Å². The number of nitrogens with two attached hydrogens (primary N) is 1. The van der Waals surface area contributed by atoms with E-state index in [9.17, 15) is 4.79 Å². The molecule has 2 aromatic heterocycles. The molecular weight excluding hydrogens is 402 g/mol. The van der Waals surface area contributed by atoms with Crippen molar-refractivity contribution in [1.82, 2.24) is 4.98 Å². The van der Waals surface area contributed by atoms with E-state index >= 15 is 0 Å². The molecule has 4 rings (SSSR count). The van der Waals surface area contributed by atoms with E-state index in [1.54, 1.807) is 27.4 Å². The van der Waals surface area contributed by atoms with Gasteiger partial charge in [-0.15, -0.1) is 11.3 Å². The molecule has 0 aliphatic rings. The molecule has 2 aromatic carbocycles. The molecule has 0 saturated carbocycles. The highest BCUT2D eigenvalue weighted by molar-refractivity contribution is 7.21. The molecule has 0 radical (unpaired) electrons. The number of benzene rings is 2. The van der Waals surface area contributed by atoms with Gasteiger partial charge >= 0.3 is 0 Å². The van der Waals surface area contributed by atoms with Gasteiger partial charge < -0.3 is 25.3 Å². The highest BCUT2D eigenvalue weighted by Gasteiger charge is 2.20. The van der Waals surface area contributed by atoms with Crippen molar-refractivity contribution >= 4 is 49.7 Å². The first-order valence-corrected chi connectivity index (χ1v) is 9.97. The largest absolute Gasteiger partial charge is 0.495 e. The van der Waals surface area contributed by atoms with E-state index in [0.717, 1.165) is 21.9 Å². The number of amides is 1. The number of pyridine rings is 1. The maximum atomic E-state index is 13.0. The number of nitrogen functional groups attached to an aromatic ring is 1. The number of nitrogens with one attached hydrogen (secondary N) is 1. The van der Waals surface area contributed by atoms with Crippen LogP contribution in [0.5, 0.6) is 17.2 Å². The summed E-state index contributed by atoms with van der Waals surface area (Å²) in [4.78, 5) is 18.7. The van der Waals surface area contributed by atoms with E-state index < -0.39 is 0 Å². The summed E-state index contributed by atoms with van der Waals surface area (Å²) in [6.07, 6.45) is 0. The van der Waals surface area contributed by atoms with Crippen molar-refractivity contribution in [2.45, 2.75) is 6.92 Å². The number of fused-ring (bicyclic) bond motifs is 2. The number of aryl methyl sites for hydroxylation is 1. The molecular formula is C22H21N3O4S. The zero-order valence-corrected chi connectivity index (χ0v) is 17.8. The van der Waals surface area contributed by atoms with E-state index in [4.69, 9.17) is 19.9 Å². The van der Waals surface area contributed by atoms with E-state index in [-0.39, 0.29) is 5.91 Å². The van der Waals surface area contributed by atoms with Crippen molar-refractivity contribution in [3.8, 4) is 17.2 Å². The first kappa shape index (κ1) is 19.8. The van der Waals surface area contributed by atoms with Crippen LogP contribution in [0.1, 0.15) is 15.2 Å². The zero-order valence-electron chi connectivity index (χ0n) is 17.0. The lowest BCUT2D eigenvalue weighted by atomic mass is 10.1. The first-order valence-electron chi connectivity index (χ1n) is 9.16.